The van der Waals surface area contributed by atoms with Crippen LogP contribution in [0.4, 0.5) is 4.39 Å². The van der Waals surface area contributed by atoms with Gasteiger partial charge in [-0.25, -0.2) is 9.18 Å². The maximum atomic E-state index is 13.4. The number of halogens is 1. The van der Waals surface area contributed by atoms with E-state index in [0.717, 1.165) is 10.1 Å². The van der Waals surface area contributed by atoms with Crippen molar-refractivity contribution in [1.29, 1.82) is 0 Å². The molecule has 0 saturated carbocycles. The van der Waals surface area contributed by atoms with Crippen LogP contribution >= 0.6 is 11.3 Å². The maximum Gasteiger partial charge on any atom is 0.339 e. The Bertz CT molecular complexity index is 1030. The Morgan fingerprint density at radius 2 is 2.00 bits per heavy atom. The zero-order valence-electron chi connectivity index (χ0n) is 14.7. The molecule has 0 unspecified atom stereocenters. The molecule has 6 nitrogen and oxygen atoms in total. The van der Waals surface area contributed by atoms with Gasteiger partial charge < -0.3 is 10.0 Å². The van der Waals surface area contributed by atoms with Crippen LogP contribution < -0.4 is 0 Å². The van der Waals surface area contributed by atoms with Crippen molar-refractivity contribution < 1.29 is 19.1 Å². The molecule has 3 heterocycles. The Labute approximate surface area is 158 Å². The van der Waals surface area contributed by atoms with Gasteiger partial charge in [0.1, 0.15) is 11.4 Å². The molecular formula is C19H18FN3O3S. The van der Waals surface area contributed by atoms with Gasteiger partial charge in [0, 0.05) is 17.8 Å². The van der Waals surface area contributed by atoms with Gasteiger partial charge in [0.2, 0.25) is 0 Å². The van der Waals surface area contributed by atoms with Crippen LogP contribution in [0.15, 0.2) is 30.5 Å². The number of aromatic carboxylic acids is 1. The summed E-state index contributed by atoms with van der Waals surface area (Å²) >= 11 is 1.31. The van der Waals surface area contributed by atoms with E-state index in [-0.39, 0.29) is 23.3 Å². The van der Waals surface area contributed by atoms with Crippen molar-refractivity contribution in [3.8, 4) is 0 Å². The first-order valence-electron chi connectivity index (χ1n) is 8.70. The van der Waals surface area contributed by atoms with Crippen LogP contribution in [-0.2, 0) is 0 Å². The lowest BCUT2D eigenvalue weighted by molar-refractivity contribution is 0.0692. The fraction of sp³-hybridized carbons (Fsp3) is 0.316. The number of hydrogen-bond acceptors (Lipinski definition) is 4. The van der Waals surface area contributed by atoms with E-state index in [9.17, 15) is 14.0 Å². The van der Waals surface area contributed by atoms with Crippen molar-refractivity contribution in [1.82, 2.24) is 14.7 Å². The maximum absolute atomic E-state index is 13.4. The van der Waals surface area contributed by atoms with Gasteiger partial charge in [0.25, 0.3) is 5.91 Å². The molecular weight excluding hydrogens is 369 g/mol. The summed E-state index contributed by atoms with van der Waals surface area (Å²) < 4.78 is 15.9. The standard InChI is InChI=1S/C19H18FN3O3S/c1-11-15(19(25)26)10-21-23(11)14-4-6-22(7-5-14)18(24)17-8-12-2-3-13(20)9-16(12)27-17/h2-3,8-10,14H,4-7H2,1H3,(H,25,26). The number of nitrogens with zero attached hydrogens (tertiary/aromatic N) is 3. The summed E-state index contributed by atoms with van der Waals surface area (Å²) in [4.78, 5) is 26.4. The molecule has 2 aromatic heterocycles. The SMILES string of the molecule is Cc1c(C(=O)O)cnn1C1CCN(C(=O)c2cc3ccc(F)cc3s2)CC1. The van der Waals surface area contributed by atoms with Crippen molar-refractivity contribution in [2.75, 3.05) is 13.1 Å². The minimum Gasteiger partial charge on any atom is -0.478 e. The molecule has 1 aromatic carbocycles. The predicted octanol–water partition coefficient (Wildman–Crippen LogP) is 3.72. The average Bonchev–Trinajstić information content (AvgIpc) is 3.24. The number of hydrogen-bond donors (Lipinski definition) is 1. The van der Waals surface area contributed by atoms with Crippen LogP contribution in [0, 0.1) is 12.7 Å². The summed E-state index contributed by atoms with van der Waals surface area (Å²) in [6.45, 7) is 2.91. The van der Waals surface area contributed by atoms with E-state index in [4.69, 9.17) is 5.11 Å². The third-order valence-electron chi connectivity index (χ3n) is 5.07. The molecule has 4 rings (SSSR count). The van der Waals surface area contributed by atoms with E-state index in [1.54, 1.807) is 22.6 Å². The smallest absolute Gasteiger partial charge is 0.339 e. The van der Waals surface area contributed by atoms with Crippen molar-refractivity contribution in [2.24, 2.45) is 0 Å². The number of thiophene rings is 1. The molecule has 0 atom stereocenters. The Morgan fingerprint density at radius 1 is 1.26 bits per heavy atom. The van der Waals surface area contributed by atoms with Gasteiger partial charge in [-0.15, -0.1) is 11.3 Å². The quantitative estimate of drug-likeness (QED) is 0.743. The second-order valence-corrected chi connectivity index (χ2v) is 7.79. The van der Waals surface area contributed by atoms with Crippen molar-refractivity contribution in [3.05, 3.63) is 52.4 Å². The van der Waals surface area contributed by atoms with E-state index in [0.29, 0.717) is 36.5 Å². The lowest BCUT2D eigenvalue weighted by Gasteiger charge is -2.32. The van der Waals surface area contributed by atoms with Crippen molar-refractivity contribution in [3.63, 3.8) is 0 Å². The number of likely N-dealkylation sites (tertiary alicyclic amines) is 1. The van der Waals surface area contributed by atoms with Crippen molar-refractivity contribution in [2.45, 2.75) is 25.8 Å². The summed E-state index contributed by atoms with van der Waals surface area (Å²) in [5.41, 5.74) is 0.852. The van der Waals surface area contributed by atoms with Gasteiger partial charge in [-0.05, 0) is 43.4 Å². The largest absolute Gasteiger partial charge is 0.478 e. The second-order valence-electron chi connectivity index (χ2n) is 6.71. The monoisotopic (exact) mass is 387 g/mol. The summed E-state index contributed by atoms with van der Waals surface area (Å²) in [5.74, 6) is -1.33. The molecule has 27 heavy (non-hydrogen) atoms. The number of fused-ring (bicyclic) bond motifs is 1. The zero-order valence-corrected chi connectivity index (χ0v) is 15.5. The highest BCUT2D eigenvalue weighted by Gasteiger charge is 2.27. The molecule has 1 N–H and O–H groups in total. The van der Waals surface area contributed by atoms with Crippen LogP contribution in [0.1, 0.15) is 44.6 Å². The number of aromatic nitrogens is 2. The summed E-state index contributed by atoms with van der Waals surface area (Å²) in [6.07, 6.45) is 2.81. The molecule has 1 aliphatic heterocycles. The van der Waals surface area contributed by atoms with Crippen LogP contribution in [-0.4, -0.2) is 44.8 Å². The molecule has 0 bridgehead atoms. The fourth-order valence-corrected chi connectivity index (χ4v) is 4.64. The zero-order chi connectivity index (χ0) is 19.1. The van der Waals surface area contributed by atoms with Gasteiger partial charge in [-0.1, -0.05) is 6.07 Å². The molecule has 1 saturated heterocycles. The van der Waals surface area contributed by atoms with Crippen LogP contribution in [0.3, 0.4) is 0 Å². The Balaban J connectivity index is 1.46. The topological polar surface area (TPSA) is 75.4 Å². The predicted molar refractivity (Wildman–Crippen MR) is 99.9 cm³/mol. The summed E-state index contributed by atoms with van der Waals surface area (Å²) in [5, 5.41) is 14.3. The number of carbonyl (C=O) groups excluding carboxylic acids is 1. The molecule has 8 heteroatoms. The van der Waals surface area contributed by atoms with Crippen molar-refractivity contribution >= 4 is 33.3 Å². The third-order valence-corrected chi connectivity index (χ3v) is 6.15. The lowest BCUT2D eigenvalue weighted by atomic mass is 10.0. The Kier molecular flexibility index (Phi) is 4.43. The highest BCUT2D eigenvalue weighted by atomic mass is 32.1. The van der Waals surface area contributed by atoms with Gasteiger partial charge in [-0.2, -0.15) is 5.10 Å². The highest BCUT2D eigenvalue weighted by molar-refractivity contribution is 7.20. The average molecular weight is 387 g/mol. The van der Waals surface area contributed by atoms with E-state index in [1.165, 1.54) is 29.7 Å². The molecule has 3 aromatic rings. The van der Waals surface area contributed by atoms with Gasteiger partial charge in [-0.3, -0.25) is 9.48 Å². The van der Waals surface area contributed by atoms with Gasteiger partial charge in [0.15, 0.2) is 0 Å². The number of carbonyl (C=O) groups is 2. The van der Waals surface area contributed by atoms with Crippen LogP contribution in [0.2, 0.25) is 0 Å². The first kappa shape index (κ1) is 17.7. The second kappa shape index (κ2) is 6.77. The fourth-order valence-electron chi connectivity index (χ4n) is 3.58. The van der Waals surface area contributed by atoms with E-state index >= 15 is 0 Å². The normalized spacial score (nSPS) is 15.4. The Hall–Kier alpha value is -2.74. The van der Waals surface area contributed by atoms with Crippen LogP contribution in [0.5, 0.6) is 0 Å². The summed E-state index contributed by atoms with van der Waals surface area (Å²) in [7, 11) is 0. The Morgan fingerprint density at radius 3 is 2.67 bits per heavy atom. The number of benzene rings is 1. The third kappa shape index (κ3) is 3.21. The minimum absolute atomic E-state index is 0.0431. The number of rotatable bonds is 3. The lowest BCUT2D eigenvalue weighted by Crippen LogP contribution is -2.39. The van der Waals surface area contributed by atoms with E-state index < -0.39 is 5.97 Å². The number of carboxylic acid groups (broad SMARTS) is 1. The first-order valence-corrected chi connectivity index (χ1v) is 9.51. The van der Waals surface area contributed by atoms with E-state index in [1.807, 2.05) is 6.07 Å². The molecule has 1 aliphatic rings. The number of carboxylic acids is 1. The number of piperidine rings is 1. The molecule has 140 valence electrons. The molecule has 0 spiro atoms. The summed E-state index contributed by atoms with van der Waals surface area (Å²) in [6, 6.07) is 6.42. The van der Waals surface area contributed by atoms with E-state index in [2.05, 4.69) is 5.10 Å². The van der Waals surface area contributed by atoms with Crippen LogP contribution in [0.25, 0.3) is 10.1 Å². The highest BCUT2D eigenvalue weighted by Crippen LogP contribution is 2.30. The number of amides is 1. The van der Waals surface area contributed by atoms with Gasteiger partial charge in [0.05, 0.1) is 22.8 Å². The molecule has 0 radical (unpaired) electrons. The molecule has 1 fully saturated rings. The first-order chi connectivity index (χ1) is 12.9. The minimum atomic E-state index is -0.979. The van der Waals surface area contributed by atoms with Gasteiger partial charge >= 0.3 is 5.97 Å². The molecule has 0 aliphatic carbocycles. The molecule has 1 amide bonds.